The molecule has 0 aromatic heterocycles. The highest BCUT2D eigenvalue weighted by Gasteiger charge is 2.38. The second-order valence-electron chi connectivity index (χ2n) is 8.57. The Morgan fingerprint density at radius 3 is 2.46 bits per heavy atom. The zero-order valence-corrected chi connectivity index (χ0v) is 19.8. The lowest BCUT2D eigenvalue weighted by Crippen LogP contribution is -2.59. The predicted octanol–water partition coefficient (Wildman–Crippen LogP) is 2.71. The van der Waals surface area contributed by atoms with Gasteiger partial charge < -0.3 is 29.5 Å². The molecule has 2 fully saturated rings. The number of halogens is 1. The van der Waals surface area contributed by atoms with Gasteiger partial charge in [0.25, 0.3) is 0 Å². The van der Waals surface area contributed by atoms with Crippen LogP contribution in [0.4, 0.5) is 14.9 Å². The molecule has 2 aromatic rings. The van der Waals surface area contributed by atoms with Crippen LogP contribution in [0.1, 0.15) is 18.4 Å². The summed E-state index contributed by atoms with van der Waals surface area (Å²) in [6.45, 7) is 1.90. The predicted molar refractivity (Wildman–Crippen MR) is 127 cm³/mol. The van der Waals surface area contributed by atoms with E-state index in [1.54, 1.807) is 47.2 Å². The Morgan fingerprint density at radius 1 is 1.00 bits per heavy atom. The first-order chi connectivity index (χ1) is 16.9. The number of piperidine rings is 1. The number of hydrogen-bond acceptors (Lipinski definition) is 5. The number of likely N-dealkylation sites (tertiary alicyclic amines) is 1. The van der Waals surface area contributed by atoms with E-state index in [-0.39, 0.29) is 24.4 Å². The lowest BCUT2D eigenvalue weighted by Gasteiger charge is -2.42. The average Bonchev–Trinajstić information content (AvgIpc) is 2.87. The summed E-state index contributed by atoms with van der Waals surface area (Å²) in [6, 6.07) is 10.8. The standard InChI is InChI=1S/C25H29FN4O5/c1-34-20-6-7-22(35-2)21(15-20)27-25(33)28-10-8-19(9-11-28)30-13-12-29(23(31)24(30)32)16-17-4-3-5-18(26)14-17/h3-7,14-15,19H,8-13,16H2,1-2H3,(H,27,33). The fourth-order valence-electron chi connectivity index (χ4n) is 4.53. The molecule has 0 saturated carbocycles. The quantitative estimate of drug-likeness (QED) is 0.637. The van der Waals surface area contributed by atoms with Crippen LogP contribution >= 0.6 is 0 Å². The first kappa shape index (κ1) is 24.3. The lowest BCUT2D eigenvalue weighted by atomic mass is 10.0. The van der Waals surface area contributed by atoms with Crippen LogP contribution in [0.25, 0.3) is 0 Å². The maximum Gasteiger partial charge on any atom is 0.321 e. The fraction of sp³-hybridized carbons (Fsp3) is 0.400. The van der Waals surface area contributed by atoms with Crippen molar-refractivity contribution in [1.82, 2.24) is 14.7 Å². The molecule has 10 heteroatoms. The van der Waals surface area contributed by atoms with Gasteiger partial charge in [0.1, 0.15) is 17.3 Å². The van der Waals surface area contributed by atoms with Crippen molar-refractivity contribution < 1.29 is 28.2 Å². The van der Waals surface area contributed by atoms with Crippen molar-refractivity contribution in [3.8, 4) is 11.5 Å². The number of carbonyl (C=O) groups excluding carboxylic acids is 3. The summed E-state index contributed by atoms with van der Waals surface area (Å²) in [4.78, 5) is 43.1. The van der Waals surface area contributed by atoms with E-state index in [1.165, 1.54) is 24.1 Å². The minimum atomic E-state index is -0.578. The second-order valence-corrected chi connectivity index (χ2v) is 8.57. The number of hydrogen-bond donors (Lipinski definition) is 1. The molecule has 2 heterocycles. The van der Waals surface area contributed by atoms with Gasteiger partial charge in [0.2, 0.25) is 0 Å². The Balaban J connectivity index is 1.31. The number of carbonyl (C=O) groups is 3. The van der Waals surface area contributed by atoms with Crippen molar-refractivity contribution in [2.45, 2.75) is 25.4 Å². The van der Waals surface area contributed by atoms with Crippen LogP contribution in [0, 0.1) is 5.82 Å². The normalized spacial score (nSPS) is 16.9. The van der Waals surface area contributed by atoms with E-state index >= 15 is 0 Å². The lowest BCUT2D eigenvalue weighted by molar-refractivity contribution is -0.158. The zero-order valence-electron chi connectivity index (χ0n) is 19.8. The van der Waals surface area contributed by atoms with Gasteiger partial charge in [0, 0.05) is 44.8 Å². The van der Waals surface area contributed by atoms with Crippen molar-refractivity contribution in [2.75, 3.05) is 45.7 Å². The summed E-state index contributed by atoms with van der Waals surface area (Å²) in [5, 5.41) is 2.86. The molecule has 9 nitrogen and oxygen atoms in total. The molecule has 0 atom stereocenters. The highest BCUT2D eigenvalue weighted by atomic mass is 19.1. The number of amides is 4. The van der Waals surface area contributed by atoms with Crippen LogP contribution in [-0.2, 0) is 16.1 Å². The van der Waals surface area contributed by atoms with Crippen molar-refractivity contribution >= 4 is 23.5 Å². The second kappa shape index (κ2) is 10.6. The highest BCUT2D eigenvalue weighted by molar-refractivity contribution is 6.35. The van der Waals surface area contributed by atoms with E-state index < -0.39 is 11.8 Å². The Morgan fingerprint density at radius 2 is 1.77 bits per heavy atom. The Kier molecular flexibility index (Phi) is 7.38. The Labute approximate surface area is 203 Å². The van der Waals surface area contributed by atoms with Gasteiger partial charge in [-0.25, -0.2) is 9.18 Å². The van der Waals surface area contributed by atoms with Crippen LogP contribution in [-0.4, -0.2) is 79.0 Å². The number of benzene rings is 2. The van der Waals surface area contributed by atoms with Gasteiger partial charge in [0.15, 0.2) is 0 Å². The van der Waals surface area contributed by atoms with Crippen LogP contribution in [0.3, 0.4) is 0 Å². The third kappa shape index (κ3) is 5.47. The minimum Gasteiger partial charge on any atom is -0.497 e. The van der Waals surface area contributed by atoms with Crippen LogP contribution in [0.15, 0.2) is 42.5 Å². The number of anilines is 1. The van der Waals surface area contributed by atoms with E-state index in [1.807, 2.05) is 0 Å². The monoisotopic (exact) mass is 484 g/mol. The molecule has 35 heavy (non-hydrogen) atoms. The van der Waals surface area contributed by atoms with E-state index in [0.29, 0.717) is 61.8 Å². The third-order valence-electron chi connectivity index (χ3n) is 6.45. The minimum absolute atomic E-state index is 0.113. The van der Waals surface area contributed by atoms with Gasteiger partial charge in [-0.3, -0.25) is 9.59 Å². The van der Waals surface area contributed by atoms with Gasteiger partial charge in [0.05, 0.1) is 19.9 Å². The Bertz CT molecular complexity index is 1100. The average molecular weight is 485 g/mol. The maximum absolute atomic E-state index is 13.5. The molecule has 4 rings (SSSR count). The van der Waals surface area contributed by atoms with Crippen LogP contribution in [0.2, 0.25) is 0 Å². The molecule has 0 spiro atoms. The van der Waals surface area contributed by atoms with Crippen molar-refractivity contribution in [3.05, 3.63) is 53.8 Å². The summed E-state index contributed by atoms with van der Waals surface area (Å²) in [5.41, 5.74) is 1.15. The molecule has 0 aliphatic carbocycles. The molecule has 2 saturated heterocycles. The molecule has 2 aliphatic heterocycles. The molecule has 0 unspecified atom stereocenters. The first-order valence-electron chi connectivity index (χ1n) is 11.5. The van der Waals surface area contributed by atoms with Crippen LogP contribution < -0.4 is 14.8 Å². The van der Waals surface area contributed by atoms with Crippen molar-refractivity contribution in [2.24, 2.45) is 0 Å². The summed E-state index contributed by atoms with van der Waals surface area (Å²) in [7, 11) is 3.07. The number of urea groups is 1. The number of nitrogens with one attached hydrogen (secondary N) is 1. The van der Waals surface area contributed by atoms with Gasteiger partial charge in [-0.05, 0) is 42.7 Å². The summed E-state index contributed by atoms with van der Waals surface area (Å²) >= 11 is 0. The molecule has 2 aromatic carbocycles. The third-order valence-corrected chi connectivity index (χ3v) is 6.45. The molecular weight excluding hydrogens is 455 g/mol. The molecule has 2 aliphatic rings. The molecule has 0 radical (unpaired) electrons. The number of nitrogens with zero attached hydrogens (tertiary/aromatic N) is 3. The molecule has 4 amide bonds. The number of rotatable bonds is 6. The van der Waals surface area contributed by atoms with Gasteiger partial charge >= 0.3 is 17.8 Å². The smallest absolute Gasteiger partial charge is 0.321 e. The van der Waals surface area contributed by atoms with E-state index in [9.17, 15) is 18.8 Å². The zero-order chi connectivity index (χ0) is 24.9. The SMILES string of the molecule is COc1ccc(OC)c(NC(=O)N2CCC(N3CCN(Cc4cccc(F)c4)C(=O)C3=O)CC2)c1. The van der Waals surface area contributed by atoms with Gasteiger partial charge in [-0.2, -0.15) is 0 Å². The number of ether oxygens (including phenoxy) is 2. The summed E-state index contributed by atoms with van der Waals surface area (Å²) in [5.74, 6) is -0.378. The first-order valence-corrected chi connectivity index (χ1v) is 11.5. The van der Waals surface area contributed by atoms with Gasteiger partial charge in [-0.1, -0.05) is 12.1 Å². The topological polar surface area (TPSA) is 91.4 Å². The molecular formula is C25H29FN4O5. The van der Waals surface area contributed by atoms with E-state index in [0.717, 1.165) is 0 Å². The largest absolute Gasteiger partial charge is 0.497 e. The molecule has 1 N–H and O–H groups in total. The maximum atomic E-state index is 13.5. The van der Waals surface area contributed by atoms with Crippen molar-refractivity contribution in [1.29, 1.82) is 0 Å². The Hall–Kier alpha value is -3.82. The summed E-state index contributed by atoms with van der Waals surface area (Å²) < 4.78 is 24.0. The number of methoxy groups -OCH3 is 2. The fourth-order valence-corrected chi connectivity index (χ4v) is 4.53. The van der Waals surface area contributed by atoms with Gasteiger partial charge in [-0.15, -0.1) is 0 Å². The summed E-state index contributed by atoms with van der Waals surface area (Å²) in [6.07, 6.45) is 1.15. The number of piperazine rings is 1. The van der Waals surface area contributed by atoms with E-state index in [4.69, 9.17) is 9.47 Å². The van der Waals surface area contributed by atoms with Crippen molar-refractivity contribution in [3.63, 3.8) is 0 Å². The molecule has 186 valence electrons. The van der Waals surface area contributed by atoms with E-state index in [2.05, 4.69) is 5.32 Å². The molecule has 0 bridgehead atoms. The highest BCUT2D eigenvalue weighted by Crippen LogP contribution is 2.29. The van der Waals surface area contributed by atoms with Crippen LogP contribution in [0.5, 0.6) is 11.5 Å².